The zero-order valence-corrected chi connectivity index (χ0v) is 73.1. The van der Waals surface area contributed by atoms with Crippen molar-refractivity contribution in [2.45, 2.75) is 20.8 Å². The van der Waals surface area contributed by atoms with E-state index in [2.05, 4.69) is 0 Å². The number of carboxylic acids is 9. The Morgan fingerprint density at radius 2 is 0.333 bits per heavy atom. The van der Waals surface area contributed by atoms with Gasteiger partial charge in [0.25, 0.3) is 17.7 Å². The van der Waals surface area contributed by atoms with Crippen molar-refractivity contribution in [3.05, 3.63) is 106 Å². The van der Waals surface area contributed by atoms with Crippen LogP contribution in [0.4, 0.5) is 34.1 Å². The Labute approximate surface area is 731 Å². The summed E-state index contributed by atoms with van der Waals surface area (Å²) in [6.07, 6.45) is 0. The molecule has 3 saturated heterocycles. The van der Waals surface area contributed by atoms with E-state index in [0.29, 0.717) is 17.1 Å². The molecule has 690 valence electrons. The first-order valence-electron chi connectivity index (χ1n) is 41.3. The normalized spacial score (nSPS) is 16.9. The summed E-state index contributed by atoms with van der Waals surface area (Å²) in [5.74, 6) is -13.5. The van der Waals surface area contributed by atoms with Crippen molar-refractivity contribution in [3.8, 4) is 0 Å². The summed E-state index contributed by atoms with van der Waals surface area (Å²) in [6, 6.07) is 19.3. The number of carbonyl (C=O) groups excluding carboxylic acids is 6. The van der Waals surface area contributed by atoms with Crippen LogP contribution in [0.1, 0.15) is 47.8 Å². The molecule has 126 heavy (non-hydrogen) atoms. The molecule has 3 aliphatic rings. The van der Waals surface area contributed by atoms with Gasteiger partial charge in [-0.1, -0.05) is 18.2 Å². The molecule has 0 aromatic heterocycles. The number of hydrogen-bond acceptors (Lipinski definition) is 27. The van der Waals surface area contributed by atoms with E-state index in [1.54, 1.807) is 152 Å². The van der Waals surface area contributed by atoms with E-state index >= 15 is 14.4 Å². The molecule has 6 amide bonds. The topological polar surface area (TPSA) is 496 Å². The highest BCUT2D eigenvalue weighted by Gasteiger charge is 2.35. The predicted molar refractivity (Wildman–Crippen MR) is 464 cm³/mol. The lowest BCUT2D eigenvalue weighted by atomic mass is 9.86. The SMILES string of the molecule is Cc1c(C(=O)N(C)c2cccc(N(C)C(=O)CN3CCN(CC(=O)O)CCN(CC(=O)O)CCN(CC(=O)O)CC3)c2)c(C)c(C(=O)N(C)c2cccc(N(C)C(=O)CN3CCN(CC(=O)O)CCN(CC(=O)O)CCN(CC(=O)O)CC3)c2)c(C)c1C(=O)N(C)c1cccc(N(C)C(=O)CN2CCN(CC(=O)O)CCN(CC(=O)O)CCN(CC(=O)O)CC2)c1. The smallest absolute Gasteiger partial charge is 0.317 e. The third-order valence-corrected chi connectivity index (χ3v) is 22.8. The van der Waals surface area contributed by atoms with Crippen LogP contribution in [0.25, 0.3) is 0 Å². The fourth-order valence-electron chi connectivity index (χ4n) is 15.4. The first-order valence-corrected chi connectivity index (χ1v) is 41.3. The van der Waals surface area contributed by atoms with E-state index in [1.807, 2.05) is 0 Å². The molecule has 0 spiro atoms. The molecular weight excluding hydrogens is 1650 g/mol. The Balaban J connectivity index is 1.23. The fourth-order valence-corrected chi connectivity index (χ4v) is 15.4. The summed E-state index contributed by atoms with van der Waals surface area (Å²) in [5.41, 5.74) is 1.93. The summed E-state index contributed by atoms with van der Waals surface area (Å²) in [6.45, 7) is 4.34. The third kappa shape index (κ3) is 31.5. The number of carboxylic acid groups (broad SMARTS) is 9. The zero-order chi connectivity index (χ0) is 92.9. The number of benzene rings is 4. The van der Waals surface area contributed by atoms with Crippen LogP contribution < -0.4 is 29.4 Å². The van der Waals surface area contributed by atoms with Gasteiger partial charge in [-0.25, -0.2) is 0 Å². The number of likely N-dealkylation sites (N-methyl/N-ethyl adjacent to an activating group) is 3. The van der Waals surface area contributed by atoms with Crippen LogP contribution in [-0.4, -0.2) is 472 Å². The summed E-state index contributed by atoms with van der Waals surface area (Å²) >= 11 is 0. The number of anilines is 6. The number of aliphatic carboxylic acids is 9. The number of carbonyl (C=O) groups is 15. The highest BCUT2D eigenvalue weighted by Crippen LogP contribution is 2.35. The third-order valence-electron chi connectivity index (χ3n) is 22.8. The quantitative estimate of drug-likeness (QED) is 0.0269. The second-order valence-corrected chi connectivity index (χ2v) is 31.9. The molecule has 0 bridgehead atoms. The van der Waals surface area contributed by atoms with Gasteiger partial charge in [0, 0.05) is 250 Å². The molecule has 7 rings (SSSR count). The summed E-state index contributed by atoms with van der Waals surface area (Å²) in [4.78, 5) is 227. The van der Waals surface area contributed by atoms with Gasteiger partial charge >= 0.3 is 53.7 Å². The lowest BCUT2D eigenvalue weighted by Crippen LogP contribution is -2.50. The van der Waals surface area contributed by atoms with Crippen molar-refractivity contribution >= 4 is 123 Å². The van der Waals surface area contributed by atoms with Crippen molar-refractivity contribution in [2.24, 2.45) is 0 Å². The van der Waals surface area contributed by atoms with Gasteiger partial charge in [-0.15, -0.1) is 0 Å². The molecular formula is C84H120N18O24. The highest BCUT2D eigenvalue weighted by molar-refractivity contribution is 6.18. The second kappa shape index (κ2) is 48.8. The Morgan fingerprint density at radius 3 is 0.460 bits per heavy atom. The van der Waals surface area contributed by atoms with Gasteiger partial charge in [0.15, 0.2) is 0 Å². The van der Waals surface area contributed by atoms with Crippen LogP contribution >= 0.6 is 0 Å². The molecule has 42 nitrogen and oxygen atoms in total. The van der Waals surface area contributed by atoms with Gasteiger partial charge in [0.1, 0.15) is 0 Å². The van der Waals surface area contributed by atoms with Gasteiger partial charge in [-0.3, -0.25) is 131 Å². The standard InChI is InChI=1S/C84H120N18O24/c1-58-79(82(124)88(7)64-16-10-13-61(43-64)85(4)67(103)46-91-19-25-94(49-70(106)107)31-37-100(55-76(118)119)38-32-95(26-20-91)50-71(108)109)59(2)81(84(126)90(9)66-18-12-15-63(45-66)87(6)69(105)48-93-23-29-98(53-74(114)115)35-41-102(57-78(122)123)42-36-99(30-24-93)54-75(116)117)60(3)80(58)83(125)89(8)65-17-11-14-62(44-65)86(5)68(104)47-92-21-27-96(51-72(110)111)33-39-101(56-77(120)121)40-34-97(28-22-92)52-73(112)113/h10-18,43-45H,19-42,46-57H2,1-9H3,(H,106,107)(H,108,109)(H,110,111)(H,112,113)(H,114,115)(H,116,117)(H,118,119)(H,120,121)(H,122,123). The van der Waals surface area contributed by atoms with Crippen LogP contribution in [-0.2, 0) is 57.5 Å². The zero-order valence-electron chi connectivity index (χ0n) is 73.1. The van der Waals surface area contributed by atoms with E-state index < -0.39 is 89.2 Å². The molecule has 9 N–H and O–H groups in total. The average Bonchev–Trinajstić information content (AvgIpc) is 0.744. The monoisotopic (exact) mass is 1760 g/mol. The maximum atomic E-state index is 15.8. The molecule has 0 radical (unpaired) electrons. The van der Waals surface area contributed by atoms with Gasteiger partial charge in [-0.2, -0.15) is 0 Å². The Kier molecular flexibility index (Phi) is 39.3. The molecule has 0 aliphatic carbocycles. The Bertz CT molecular complexity index is 4000. The van der Waals surface area contributed by atoms with E-state index in [0.717, 1.165) is 0 Å². The van der Waals surface area contributed by atoms with Crippen LogP contribution in [0.5, 0.6) is 0 Å². The first kappa shape index (κ1) is 102. The number of amides is 6. The van der Waals surface area contributed by atoms with Crippen LogP contribution in [0.2, 0.25) is 0 Å². The molecule has 4 aromatic rings. The molecule has 0 unspecified atom stereocenters. The van der Waals surface area contributed by atoms with Crippen molar-refractivity contribution in [3.63, 3.8) is 0 Å². The van der Waals surface area contributed by atoms with Gasteiger partial charge in [0.2, 0.25) is 17.7 Å². The molecule has 3 aliphatic heterocycles. The molecule has 3 heterocycles. The van der Waals surface area contributed by atoms with Crippen LogP contribution in [0.3, 0.4) is 0 Å². The minimum Gasteiger partial charge on any atom is -0.480 e. The van der Waals surface area contributed by atoms with Gasteiger partial charge < -0.3 is 75.4 Å². The largest absolute Gasteiger partial charge is 0.480 e. The van der Waals surface area contributed by atoms with Crippen LogP contribution in [0, 0.1) is 20.8 Å². The average molecular weight is 1770 g/mol. The van der Waals surface area contributed by atoms with E-state index in [1.165, 1.54) is 71.7 Å². The number of nitrogens with zero attached hydrogens (tertiary/aromatic N) is 18. The minimum atomic E-state index is -1.12. The van der Waals surface area contributed by atoms with E-state index in [9.17, 15) is 103 Å². The fraction of sp³-hybridized carbons (Fsp3) is 0.536. The van der Waals surface area contributed by atoms with Gasteiger partial charge in [-0.05, 0) is 92.1 Å². The molecule has 3 fully saturated rings. The maximum Gasteiger partial charge on any atom is 0.317 e. The molecule has 0 atom stereocenters. The highest BCUT2D eigenvalue weighted by atomic mass is 16.4. The minimum absolute atomic E-state index is 0.0681. The number of hydrogen-bond donors (Lipinski definition) is 9. The Morgan fingerprint density at radius 1 is 0.214 bits per heavy atom. The molecule has 0 saturated carbocycles. The molecule has 42 heteroatoms. The van der Waals surface area contributed by atoms with Crippen LogP contribution in [0.15, 0.2) is 72.8 Å². The van der Waals surface area contributed by atoms with E-state index in [-0.39, 0.29) is 286 Å². The van der Waals surface area contributed by atoms with Crippen molar-refractivity contribution < 1.29 is 118 Å². The number of rotatable bonds is 33. The second-order valence-electron chi connectivity index (χ2n) is 31.9. The first-order chi connectivity index (χ1) is 59.5. The lowest BCUT2D eigenvalue weighted by Gasteiger charge is -2.33. The predicted octanol–water partition coefficient (Wildman–Crippen LogP) is -1.24. The summed E-state index contributed by atoms with van der Waals surface area (Å²) < 4.78 is 0. The lowest BCUT2D eigenvalue weighted by molar-refractivity contribution is -0.140. The maximum absolute atomic E-state index is 15.8. The summed E-state index contributed by atoms with van der Waals surface area (Å²) in [7, 11) is 8.98. The van der Waals surface area contributed by atoms with E-state index in [4.69, 9.17) is 0 Å². The van der Waals surface area contributed by atoms with Crippen molar-refractivity contribution in [1.29, 1.82) is 0 Å². The van der Waals surface area contributed by atoms with Crippen molar-refractivity contribution in [2.75, 3.05) is 307 Å². The van der Waals surface area contributed by atoms with Gasteiger partial charge in [0.05, 0.1) is 78.5 Å². The Hall–Kier alpha value is -11.5. The summed E-state index contributed by atoms with van der Waals surface area (Å²) in [5, 5.41) is 88.0. The molecule has 4 aromatic carbocycles. The van der Waals surface area contributed by atoms with Crippen molar-refractivity contribution in [1.82, 2.24) is 58.8 Å².